The molecular weight excluding hydrogens is 250 g/mol. The van der Waals surface area contributed by atoms with Crippen LogP contribution in [-0.2, 0) is 14.3 Å². The van der Waals surface area contributed by atoms with E-state index in [1.807, 2.05) is 6.92 Å². The van der Waals surface area contributed by atoms with Crippen molar-refractivity contribution in [3.05, 3.63) is 0 Å². The molecule has 4 nitrogen and oxygen atoms in total. The Hall–Kier alpha value is -0.260. The van der Waals surface area contributed by atoms with Crippen LogP contribution in [0.25, 0.3) is 0 Å². The molecule has 1 saturated heterocycles. The highest BCUT2D eigenvalue weighted by Crippen LogP contribution is 2.18. The highest BCUT2D eigenvalue weighted by molar-refractivity contribution is 7.81. The van der Waals surface area contributed by atoms with Crippen molar-refractivity contribution in [2.75, 3.05) is 32.9 Å². The quantitative estimate of drug-likeness (QED) is 0.567. The zero-order chi connectivity index (χ0) is 13.4. The van der Waals surface area contributed by atoms with E-state index in [2.05, 4.69) is 24.5 Å². The van der Waals surface area contributed by atoms with E-state index in [1.54, 1.807) is 0 Å². The van der Waals surface area contributed by atoms with Crippen LogP contribution in [-0.4, -0.2) is 55.1 Å². The van der Waals surface area contributed by atoms with Gasteiger partial charge in [-0.05, 0) is 19.8 Å². The lowest BCUT2D eigenvalue weighted by molar-refractivity contribution is -0.143. The molecule has 0 aliphatic carbocycles. The standard InChI is InChI=1S/C13H25NO3S/c1-3-17-13(15)6-4-5-12(11(2)18)14-7-9-16-10-8-14/h11-12,18H,3-10H2,1-2H3/t11-,12?/m1/s1. The van der Waals surface area contributed by atoms with Gasteiger partial charge in [-0.3, -0.25) is 9.69 Å². The highest BCUT2D eigenvalue weighted by atomic mass is 32.1. The van der Waals surface area contributed by atoms with E-state index in [-0.39, 0.29) is 5.97 Å². The van der Waals surface area contributed by atoms with Gasteiger partial charge in [0.05, 0.1) is 19.8 Å². The number of carbonyl (C=O) groups excluding carboxylic acids is 1. The molecule has 0 saturated carbocycles. The number of carbonyl (C=O) groups is 1. The number of morpholine rings is 1. The Morgan fingerprint density at radius 1 is 1.44 bits per heavy atom. The van der Waals surface area contributed by atoms with Crippen LogP contribution in [0.3, 0.4) is 0 Å². The molecule has 0 aromatic rings. The molecule has 1 aliphatic heterocycles. The van der Waals surface area contributed by atoms with E-state index in [0.29, 0.717) is 24.3 Å². The summed E-state index contributed by atoms with van der Waals surface area (Å²) in [4.78, 5) is 13.7. The van der Waals surface area contributed by atoms with E-state index in [0.717, 1.165) is 39.1 Å². The van der Waals surface area contributed by atoms with E-state index in [4.69, 9.17) is 9.47 Å². The third kappa shape index (κ3) is 5.59. The summed E-state index contributed by atoms with van der Waals surface area (Å²) in [6, 6.07) is 0.423. The van der Waals surface area contributed by atoms with E-state index < -0.39 is 0 Å². The molecule has 5 heteroatoms. The smallest absolute Gasteiger partial charge is 0.305 e. The zero-order valence-corrected chi connectivity index (χ0v) is 12.3. The number of hydrogen-bond acceptors (Lipinski definition) is 5. The molecule has 0 spiro atoms. The third-order valence-corrected chi connectivity index (χ3v) is 3.60. The fourth-order valence-electron chi connectivity index (χ4n) is 2.33. The molecule has 106 valence electrons. The molecule has 1 heterocycles. The van der Waals surface area contributed by atoms with Gasteiger partial charge in [0.15, 0.2) is 0 Å². The second-order valence-electron chi connectivity index (χ2n) is 4.65. The van der Waals surface area contributed by atoms with Crippen LogP contribution in [0.15, 0.2) is 0 Å². The summed E-state index contributed by atoms with van der Waals surface area (Å²) in [6.45, 7) is 7.96. The maximum absolute atomic E-state index is 11.3. The predicted molar refractivity (Wildman–Crippen MR) is 75.1 cm³/mol. The second-order valence-corrected chi connectivity index (χ2v) is 5.47. The van der Waals surface area contributed by atoms with Crippen molar-refractivity contribution in [3.8, 4) is 0 Å². The fourth-order valence-corrected chi connectivity index (χ4v) is 2.66. The first-order valence-electron chi connectivity index (χ1n) is 6.80. The van der Waals surface area contributed by atoms with Gasteiger partial charge in [0.2, 0.25) is 0 Å². The van der Waals surface area contributed by atoms with Crippen LogP contribution < -0.4 is 0 Å². The van der Waals surface area contributed by atoms with E-state index in [1.165, 1.54) is 0 Å². The van der Waals surface area contributed by atoms with Gasteiger partial charge in [-0.1, -0.05) is 6.92 Å². The topological polar surface area (TPSA) is 38.8 Å². The summed E-state index contributed by atoms with van der Waals surface area (Å²) in [5, 5.41) is 0.310. The predicted octanol–water partition coefficient (Wildman–Crippen LogP) is 1.74. The van der Waals surface area contributed by atoms with Crippen LogP contribution >= 0.6 is 12.6 Å². The summed E-state index contributed by atoms with van der Waals surface area (Å²) in [5.74, 6) is -0.0926. The molecule has 0 bridgehead atoms. The molecule has 2 atom stereocenters. The van der Waals surface area contributed by atoms with Crippen molar-refractivity contribution >= 4 is 18.6 Å². The molecule has 1 unspecified atom stereocenters. The SMILES string of the molecule is CCOC(=O)CCCC([C@@H](C)S)N1CCOCC1. The maximum atomic E-state index is 11.3. The fraction of sp³-hybridized carbons (Fsp3) is 0.923. The lowest BCUT2D eigenvalue weighted by atomic mass is 10.0. The number of nitrogens with zero attached hydrogens (tertiary/aromatic N) is 1. The molecule has 18 heavy (non-hydrogen) atoms. The van der Waals surface area contributed by atoms with Crippen molar-refractivity contribution < 1.29 is 14.3 Å². The molecule has 1 rings (SSSR count). The van der Waals surface area contributed by atoms with E-state index >= 15 is 0 Å². The Morgan fingerprint density at radius 2 is 2.11 bits per heavy atom. The minimum Gasteiger partial charge on any atom is -0.466 e. The lowest BCUT2D eigenvalue weighted by Crippen LogP contribution is -2.47. The van der Waals surface area contributed by atoms with Gasteiger partial charge in [-0.25, -0.2) is 0 Å². The zero-order valence-electron chi connectivity index (χ0n) is 11.4. The number of rotatable bonds is 7. The molecular formula is C13H25NO3S. The summed E-state index contributed by atoms with van der Waals surface area (Å²) in [5.41, 5.74) is 0. The Balaban J connectivity index is 2.31. The van der Waals surface area contributed by atoms with Crippen LogP contribution in [0.5, 0.6) is 0 Å². The van der Waals surface area contributed by atoms with Gasteiger partial charge in [-0.15, -0.1) is 0 Å². The normalized spacial score (nSPS) is 20.4. The first kappa shape index (κ1) is 15.8. The lowest BCUT2D eigenvalue weighted by Gasteiger charge is -2.36. The molecule has 0 N–H and O–H groups in total. The van der Waals surface area contributed by atoms with Crippen LogP contribution in [0, 0.1) is 0 Å². The Bertz CT molecular complexity index is 242. The molecule has 0 aromatic heterocycles. The van der Waals surface area contributed by atoms with Gasteiger partial charge in [0.1, 0.15) is 0 Å². The molecule has 1 aliphatic rings. The summed E-state index contributed by atoms with van der Waals surface area (Å²) in [7, 11) is 0. The third-order valence-electron chi connectivity index (χ3n) is 3.26. The Kier molecular flexibility index (Phi) is 7.70. The van der Waals surface area contributed by atoms with Gasteiger partial charge in [0.25, 0.3) is 0 Å². The van der Waals surface area contributed by atoms with Gasteiger partial charge >= 0.3 is 5.97 Å². The van der Waals surface area contributed by atoms with Gasteiger partial charge < -0.3 is 9.47 Å². The van der Waals surface area contributed by atoms with Crippen molar-refractivity contribution in [2.45, 2.75) is 44.4 Å². The number of thiol groups is 1. The largest absolute Gasteiger partial charge is 0.466 e. The van der Waals surface area contributed by atoms with Crippen LogP contribution in [0.4, 0.5) is 0 Å². The Labute approximate surface area is 115 Å². The number of hydrogen-bond donors (Lipinski definition) is 1. The first-order chi connectivity index (χ1) is 8.65. The minimum atomic E-state index is -0.0926. The van der Waals surface area contributed by atoms with Crippen molar-refractivity contribution in [2.24, 2.45) is 0 Å². The van der Waals surface area contributed by atoms with Crippen LogP contribution in [0.2, 0.25) is 0 Å². The average molecular weight is 275 g/mol. The molecule has 0 radical (unpaired) electrons. The van der Waals surface area contributed by atoms with Gasteiger partial charge in [0, 0.05) is 30.8 Å². The molecule has 0 aromatic carbocycles. The Morgan fingerprint density at radius 3 is 2.67 bits per heavy atom. The van der Waals surface area contributed by atoms with Crippen LogP contribution in [0.1, 0.15) is 33.1 Å². The summed E-state index contributed by atoms with van der Waals surface area (Å²) < 4.78 is 10.3. The second kappa shape index (κ2) is 8.77. The number of ether oxygens (including phenoxy) is 2. The summed E-state index contributed by atoms with van der Waals surface area (Å²) in [6.07, 6.45) is 2.37. The maximum Gasteiger partial charge on any atom is 0.305 e. The van der Waals surface area contributed by atoms with Crippen molar-refractivity contribution in [1.29, 1.82) is 0 Å². The monoisotopic (exact) mass is 275 g/mol. The minimum absolute atomic E-state index is 0.0926. The van der Waals surface area contributed by atoms with Crippen molar-refractivity contribution in [3.63, 3.8) is 0 Å². The summed E-state index contributed by atoms with van der Waals surface area (Å²) >= 11 is 4.57. The molecule has 1 fully saturated rings. The average Bonchev–Trinajstić information content (AvgIpc) is 2.35. The van der Waals surface area contributed by atoms with E-state index in [9.17, 15) is 4.79 Å². The van der Waals surface area contributed by atoms with Crippen molar-refractivity contribution in [1.82, 2.24) is 4.90 Å². The highest BCUT2D eigenvalue weighted by Gasteiger charge is 2.24. The van der Waals surface area contributed by atoms with Gasteiger partial charge in [-0.2, -0.15) is 12.6 Å². The molecule has 0 amide bonds. The number of esters is 1. The first-order valence-corrected chi connectivity index (χ1v) is 7.32.